The lowest BCUT2D eigenvalue weighted by Crippen LogP contribution is -2.17. The van der Waals surface area contributed by atoms with Gasteiger partial charge in [0.05, 0.1) is 22.9 Å². The molecule has 0 aliphatic heterocycles. The van der Waals surface area contributed by atoms with Crippen molar-refractivity contribution in [2.75, 3.05) is 17.7 Å². The molecule has 1 aromatic heterocycles. The van der Waals surface area contributed by atoms with Crippen molar-refractivity contribution >= 4 is 50.2 Å². The van der Waals surface area contributed by atoms with E-state index in [1.165, 1.54) is 4.88 Å². The van der Waals surface area contributed by atoms with Crippen LogP contribution in [0.4, 0.5) is 11.4 Å². The highest BCUT2D eigenvalue weighted by Gasteiger charge is 2.11. The number of hydrogen-bond acceptors (Lipinski definition) is 3. The van der Waals surface area contributed by atoms with Crippen LogP contribution in [-0.2, 0) is 6.54 Å². The molecule has 0 bridgehead atoms. The van der Waals surface area contributed by atoms with E-state index in [1.807, 2.05) is 25.2 Å². The maximum absolute atomic E-state index is 6.17. The van der Waals surface area contributed by atoms with Gasteiger partial charge in [-0.1, -0.05) is 17.7 Å². The molecule has 0 aliphatic rings. The van der Waals surface area contributed by atoms with Crippen molar-refractivity contribution in [1.82, 2.24) is 0 Å². The third-order valence-corrected chi connectivity index (χ3v) is 4.40. The van der Waals surface area contributed by atoms with Crippen LogP contribution < -0.4 is 10.6 Å². The van der Waals surface area contributed by atoms with E-state index in [0.29, 0.717) is 10.7 Å². The lowest BCUT2D eigenvalue weighted by atomic mass is 10.2. The van der Waals surface area contributed by atoms with Gasteiger partial charge in [-0.05, 0) is 34.1 Å². The molecule has 0 fully saturated rings. The quantitative estimate of drug-likeness (QED) is 0.846. The van der Waals surface area contributed by atoms with Gasteiger partial charge in [0.1, 0.15) is 0 Å². The van der Waals surface area contributed by atoms with E-state index in [4.69, 9.17) is 17.3 Å². The second-order valence-electron chi connectivity index (χ2n) is 3.76. The third-order valence-electron chi connectivity index (χ3n) is 2.41. The van der Waals surface area contributed by atoms with Crippen molar-refractivity contribution in [3.63, 3.8) is 0 Å². The average molecular weight is 332 g/mol. The number of thiophene rings is 1. The van der Waals surface area contributed by atoms with E-state index in [1.54, 1.807) is 11.3 Å². The van der Waals surface area contributed by atoms with Gasteiger partial charge in [-0.3, -0.25) is 0 Å². The molecule has 0 spiro atoms. The van der Waals surface area contributed by atoms with Crippen LogP contribution in [0.15, 0.2) is 34.1 Å². The molecule has 5 heteroatoms. The fourth-order valence-corrected chi connectivity index (χ4v) is 3.51. The van der Waals surface area contributed by atoms with Crippen LogP contribution in [0.3, 0.4) is 0 Å². The molecule has 2 N–H and O–H groups in total. The Balaban J connectivity index is 2.22. The summed E-state index contributed by atoms with van der Waals surface area (Å²) in [7, 11) is 1.99. The van der Waals surface area contributed by atoms with E-state index in [9.17, 15) is 0 Å². The Hall–Kier alpha value is -0.710. The van der Waals surface area contributed by atoms with E-state index in [-0.39, 0.29) is 0 Å². The zero-order valence-corrected chi connectivity index (χ0v) is 12.4. The molecule has 2 nitrogen and oxygen atoms in total. The number of nitrogen functional groups attached to an aromatic ring is 1. The molecule has 0 amide bonds. The predicted octanol–water partition coefficient (Wildman–Crippen LogP) is 4.38. The number of rotatable bonds is 3. The molecule has 2 aromatic rings. The summed E-state index contributed by atoms with van der Waals surface area (Å²) in [6.45, 7) is 0.796. The highest BCUT2D eigenvalue weighted by Crippen LogP contribution is 2.32. The van der Waals surface area contributed by atoms with Gasteiger partial charge in [-0.25, -0.2) is 0 Å². The topological polar surface area (TPSA) is 29.3 Å². The summed E-state index contributed by atoms with van der Waals surface area (Å²) in [4.78, 5) is 3.33. The van der Waals surface area contributed by atoms with Crippen molar-refractivity contribution in [2.24, 2.45) is 0 Å². The van der Waals surface area contributed by atoms with Crippen LogP contribution in [0.5, 0.6) is 0 Å². The second kappa shape index (κ2) is 5.29. The minimum atomic E-state index is 0.683. The summed E-state index contributed by atoms with van der Waals surface area (Å²) in [5.41, 5.74) is 7.54. The van der Waals surface area contributed by atoms with Gasteiger partial charge in [-0.2, -0.15) is 0 Å². The lowest BCUT2D eigenvalue weighted by Gasteiger charge is -2.21. The molecule has 0 saturated carbocycles. The number of hydrogen-bond donors (Lipinski definition) is 1. The summed E-state index contributed by atoms with van der Waals surface area (Å²) in [6, 6.07) is 7.68. The standard InChI is InChI=1S/C12H12BrClN2S/c1-16(6-9-5-8(13)7-17-9)12-10(14)3-2-4-11(12)15/h2-5,7H,6,15H2,1H3. The van der Waals surface area contributed by atoms with Gasteiger partial charge in [0, 0.05) is 21.8 Å². The fourth-order valence-electron chi connectivity index (χ4n) is 1.68. The summed E-state index contributed by atoms with van der Waals surface area (Å²) in [6.07, 6.45) is 0. The SMILES string of the molecule is CN(Cc1cc(Br)cs1)c1c(N)cccc1Cl. The number of anilines is 2. The minimum absolute atomic E-state index is 0.683. The Morgan fingerprint density at radius 1 is 1.47 bits per heavy atom. The van der Waals surface area contributed by atoms with E-state index in [2.05, 4.69) is 32.3 Å². The van der Waals surface area contributed by atoms with Gasteiger partial charge < -0.3 is 10.6 Å². The Kier molecular flexibility index (Phi) is 3.97. The Bertz CT molecular complexity index is 507. The molecule has 1 aromatic carbocycles. The lowest BCUT2D eigenvalue weighted by molar-refractivity contribution is 0.942. The van der Waals surface area contributed by atoms with Crippen LogP contribution in [0.25, 0.3) is 0 Å². The van der Waals surface area contributed by atoms with Crippen molar-refractivity contribution in [2.45, 2.75) is 6.54 Å². The van der Waals surface area contributed by atoms with Gasteiger partial charge in [0.15, 0.2) is 0 Å². The maximum atomic E-state index is 6.17. The molecule has 2 rings (SSSR count). The smallest absolute Gasteiger partial charge is 0.0789 e. The number of nitrogens with zero attached hydrogens (tertiary/aromatic N) is 1. The largest absolute Gasteiger partial charge is 0.397 e. The van der Waals surface area contributed by atoms with Gasteiger partial charge in [0.2, 0.25) is 0 Å². The number of halogens is 2. The summed E-state index contributed by atoms with van der Waals surface area (Å²) in [5, 5.41) is 2.75. The molecule has 17 heavy (non-hydrogen) atoms. The average Bonchev–Trinajstić information content (AvgIpc) is 2.63. The third kappa shape index (κ3) is 2.94. The Morgan fingerprint density at radius 2 is 2.24 bits per heavy atom. The first-order valence-electron chi connectivity index (χ1n) is 5.06. The highest BCUT2D eigenvalue weighted by molar-refractivity contribution is 9.10. The van der Waals surface area contributed by atoms with Crippen molar-refractivity contribution < 1.29 is 0 Å². The summed E-state index contributed by atoms with van der Waals surface area (Å²) < 4.78 is 1.11. The molecule has 0 saturated heterocycles. The normalized spacial score (nSPS) is 10.5. The first kappa shape index (κ1) is 12.7. The molecular formula is C12H12BrClN2S. The van der Waals surface area contributed by atoms with Crippen molar-refractivity contribution in [3.8, 4) is 0 Å². The van der Waals surface area contributed by atoms with E-state index >= 15 is 0 Å². The first-order chi connectivity index (χ1) is 8.08. The maximum Gasteiger partial charge on any atom is 0.0789 e. The number of para-hydroxylation sites is 1. The Labute approximate surface area is 118 Å². The molecule has 0 aliphatic carbocycles. The summed E-state index contributed by atoms with van der Waals surface area (Å²) in [5.74, 6) is 0. The molecule has 90 valence electrons. The van der Waals surface area contributed by atoms with E-state index in [0.717, 1.165) is 16.7 Å². The van der Waals surface area contributed by atoms with Gasteiger partial charge in [-0.15, -0.1) is 11.3 Å². The van der Waals surface area contributed by atoms with Crippen molar-refractivity contribution in [3.05, 3.63) is 44.0 Å². The number of benzene rings is 1. The van der Waals surface area contributed by atoms with Crippen molar-refractivity contribution in [1.29, 1.82) is 0 Å². The zero-order chi connectivity index (χ0) is 12.4. The highest BCUT2D eigenvalue weighted by atomic mass is 79.9. The minimum Gasteiger partial charge on any atom is -0.397 e. The monoisotopic (exact) mass is 330 g/mol. The van der Waals surface area contributed by atoms with Gasteiger partial charge >= 0.3 is 0 Å². The molecule has 1 heterocycles. The molecule has 0 unspecified atom stereocenters. The Morgan fingerprint density at radius 3 is 2.82 bits per heavy atom. The number of nitrogens with two attached hydrogens (primary N) is 1. The van der Waals surface area contributed by atoms with Crippen LogP contribution in [0.2, 0.25) is 5.02 Å². The predicted molar refractivity (Wildman–Crippen MR) is 80.0 cm³/mol. The zero-order valence-electron chi connectivity index (χ0n) is 9.28. The fraction of sp³-hybridized carbons (Fsp3) is 0.167. The van der Waals surface area contributed by atoms with Crippen LogP contribution in [-0.4, -0.2) is 7.05 Å². The van der Waals surface area contributed by atoms with E-state index < -0.39 is 0 Å². The van der Waals surface area contributed by atoms with Crippen LogP contribution >= 0.6 is 38.9 Å². The first-order valence-corrected chi connectivity index (χ1v) is 7.11. The molecule has 0 radical (unpaired) electrons. The van der Waals surface area contributed by atoms with Crippen LogP contribution in [0, 0.1) is 0 Å². The summed E-state index contributed by atoms with van der Waals surface area (Å²) >= 11 is 11.3. The molecule has 0 atom stereocenters. The second-order valence-corrected chi connectivity index (χ2v) is 6.08. The van der Waals surface area contributed by atoms with Crippen LogP contribution in [0.1, 0.15) is 4.88 Å². The molecular weight excluding hydrogens is 320 g/mol. The van der Waals surface area contributed by atoms with Gasteiger partial charge in [0.25, 0.3) is 0 Å².